The zero-order valence-electron chi connectivity index (χ0n) is 17.7. The van der Waals surface area contributed by atoms with Crippen LogP contribution >= 0.6 is 0 Å². The van der Waals surface area contributed by atoms with Crippen LogP contribution in [0.2, 0.25) is 0 Å². The Hall–Kier alpha value is -3.49. The molecule has 34 heavy (non-hydrogen) atoms. The van der Waals surface area contributed by atoms with Gasteiger partial charge in [0.2, 0.25) is 0 Å². The van der Waals surface area contributed by atoms with Gasteiger partial charge in [0.15, 0.2) is 5.82 Å². The minimum atomic E-state index is -4.60. The Bertz CT molecular complexity index is 1110. The Morgan fingerprint density at radius 3 is 2.35 bits per heavy atom. The van der Waals surface area contributed by atoms with Gasteiger partial charge in [-0.1, -0.05) is 0 Å². The maximum Gasteiger partial charge on any atom is 0.419 e. The summed E-state index contributed by atoms with van der Waals surface area (Å²) >= 11 is 0. The number of rotatable bonds is 8. The molecular weight excluding hydrogens is 472 g/mol. The first-order valence-electron chi connectivity index (χ1n) is 9.69. The summed E-state index contributed by atoms with van der Waals surface area (Å²) in [5.41, 5.74) is -0.850. The molecule has 1 fully saturated rings. The van der Waals surface area contributed by atoms with Crippen molar-refractivity contribution in [3.8, 4) is 0 Å². The van der Waals surface area contributed by atoms with Gasteiger partial charge in [-0.25, -0.2) is 14.6 Å². The van der Waals surface area contributed by atoms with Gasteiger partial charge in [0.25, 0.3) is 5.56 Å². The third kappa shape index (κ3) is 6.09. The van der Waals surface area contributed by atoms with Crippen LogP contribution in [0.3, 0.4) is 0 Å². The number of nitrogens with one attached hydrogen (secondary N) is 1. The lowest BCUT2D eigenvalue weighted by molar-refractivity contribution is -0.187. The Labute approximate surface area is 188 Å². The van der Waals surface area contributed by atoms with Gasteiger partial charge in [0.1, 0.15) is 12.3 Å². The summed E-state index contributed by atoms with van der Waals surface area (Å²) in [4.78, 5) is 25.3. The molecule has 9 nitrogen and oxygen atoms in total. The number of nitrogens with zero attached hydrogens (tertiary/aromatic N) is 6. The second-order valence-corrected chi connectivity index (χ2v) is 7.19. The molecule has 1 N–H and O–H groups in total. The highest BCUT2D eigenvalue weighted by atomic mass is 19.4. The van der Waals surface area contributed by atoms with Crippen LogP contribution in [-0.4, -0.2) is 65.5 Å². The smallest absolute Gasteiger partial charge is 0.388 e. The average Bonchev–Trinajstić information content (AvgIpc) is 2.72. The normalized spacial score (nSPS) is 15.6. The Morgan fingerprint density at radius 1 is 1.21 bits per heavy atom. The highest BCUT2D eigenvalue weighted by molar-refractivity contribution is 5.65. The molecule has 15 heteroatoms. The quantitative estimate of drug-likeness (QED) is 0.446. The molecule has 3 heterocycles. The molecule has 0 aliphatic carbocycles. The molecule has 1 aliphatic heterocycles. The number of hydrogen-bond acceptors (Lipinski definition) is 8. The topological polar surface area (TPSA) is 97.5 Å². The fourth-order valence-electron chi connectivity index (χ4n) is 3.00. The summed E-state index contributed by atoms with van der Waals surface area (Å²) in [5.74, 6) is -0.137. The largest absolute Gasteiger partial charge is 0.419 e. The Balaban J connectivity index is 1.73. The van der Waals surface area contributed by atoms with Crippen LogP contribution < -0.4 is 15.8 Å². The van der Waals surface area contributed by atoms with E-state index in [1.54, 1.807) is 4.90 Å². The lowest BCUT2D eigenvalue weighted by Gasteiger charge is -2.40. The number of ether oxygens (including phenoxy) is 1. The SMILES string of the molecule is C=N/C(=C(/Cn1ncc(N2CC(OCC(F)(F)F)C2)cc1=O)NC)c1ncc(C(F)(F)F)cn1. The van der Waals surface area contributed by atoms with E-state index < -0.39 is 36.2 Å². The first kappa shape index (κ1) is 25.1. The molecule has 1 aliphatic rings. The molecule has 0 radical (unpaired) electrons. The molecule has 0 unspecified atom stereocenters. The molecule has 0 bridgehead atoms. The van der Waals surface area contributed by atoms with E-state index in [1.165, 1.54) is 19.3 Å². The van der Waals surface area contributed by atoms with Crippen LogP contribution in [0.1, 0.15) is 11.4 Å². The Kier molecular flexibility index (Phi) is 7.24. The van der Waals surface area contributed by atoms with Crippen molar-refractivity contribution in [2.24, 2.45) is 4.99 Å². The number of allylic oxidation sites excluding steroid dienone is 1. The van der Waals surface area contributed by atoms with Gasteiger partial charge >= 0.3 is 12.4 Å². The summed E-state index contributed by atoms with van der Waals surface area (Å²) in [6.45, 7) is 2.26. The molecule has 0 spiro atoms. The number of halogens is 6. The first-order valence-corrected chi connectivity index (χ1v) is 9.69. The Morgan fingerprint density at radius 2 is 1.85 bits per heavy atom. The third-order valence-electron chi connectivity index (χ3n) is 4.80. The molecule has 3 rings (SSSR count). The number of aliphatic imine (C=N–C) groups is 1. The maximum absolute atomic E-state index is 12.7. The van der Waals surface area contributed by atoms with Gasteiger partial charge in [-0.05, 0) is 6.72 Å². The molecule has 184 valence electrons. The number of hydrogen-bond donors (Lipinski definition) is 1. The van der Waals surface area contributed by atoms with Crippen LogP contribution in [0.4, 0.5) is 32.0 Å². The minimum absolute atomic E-state index is 0.0291. The second kappa shape index (κ2) is 9.79. The predicted molar refractivity (Wildman–Crippen MR) is 109 cm³/mol. The van der Waals surface area contributed by atoms with Crippen molar-refractivity contribution >= 4 is 18.1 Å². The zero-order chi connectivity index (χ0) is 25.1. The van der Waals surface area contributed by atoms with Crippen molar-refractivity contribution in [1.82, 2.24) is 25.1 Å². The van der Waals surface area contributed by atoms with E-state index >= 15 is 0 Å². The van der Waals surface area contributed by atoms with Crippen LogP contribution in [0.25, 0.3) is 5.70 Å². The molecule has 0 saturated carbocycles. The van der Waals surface area contributed by atoms with E-state index in [1.807, 2.05) is 0 Å². The molecule has 0 amide bonds. The van der Waals surface area contributed by atoms with Crippen molar-refractivity contribution in [1.29, 1.82) is 0 Å². The molecule has 2 aromatic rings. The molecule has 1 saturated heterocycles. The predicted octanol–water partition coefficient (Wildman–Crippen LogP) is 2.11. The van der Waals surface area contributed by atoms with Crippen LogP contribution in [0.5, 0.6) is 0 Å². The van der Waals surface area contributed by atoms with Crippen molar-refractivity contribution in [2.45, 2.75) is 25.0 Å². The minimum Gasteiger partial charge on any atom is -0.388 e. The fraction of sp³-hybridized carbons (Fsp3) is 0.421. The van der Waals surface area contributed by atoms with Gasteiger partial charge in [0.05, 0.1) is 35.8 Å². The van der Waals surface area contributed by atoms with Crippen molar-refractivity contribution < 1.29 is 31.1 Å². The van der Waals surface area contributed by atoms with Gasteiger partial charge in [-0.15, -0.1) is 0 Å². The number of aromatic nitrogens is 4. The highest BCUT2D eigenvalue weighted by Gasteiger charge is 2.34. The third-order valence-corrected chi connectivity index (χ3v) is 4.80. The van der Waals surface area contributed by atoms with Gasteiger partial charge in [0, 0.05) is 38.6 Å². The number of anilines is 1. The standard InChI is InChI=1S/C19H19F6N7O2/c1-26-14(16(27-2)17-28-4-11(5-29-17)19(23,24)25)9-32-15(33)3-12(6-30-32)31-7-13(8-31)34-10-18(20,21)22/h3-6,13,26H,2,7-10H2,1H3/b16-14-. The fourth-order valence-corrected chi connectivity index (χ4v) is 3.00. The van der Waals surface area contributed by atoms with E-state index in [0.29, 0.717) is 18.1 Å². The average molecular weight is 491 g/mol. The second-order valence-electron chi connectivity index (χ2n) is 7.19. The summed E-state index contributed by atoms with van der Waals surface area (Å²) < 4.78 is 80.7. The van der Waals surface area contributed by atoms with Crippen molar-refractivity contribution in [3.63, 3.8) is 0 Å². The van der Waals surface area contributed by atoms with E-state index in [4.69, 9.17) is 4.74 Å². The van der Waals surface area contributed by atoms with Crippen LogP contribution in [-0.2, 0) is 17.5 Å². The molecular formula is C19H19F6N7O2. The first-order chi connectivity index (χ1) is 15.9. The van der Waals surface area contributed by atoms with E-state index in [2.05, 4.69) is 32.1 Å². The number of likely N-dealkylation sites (N-methyl/N-ethyl adjacent to an activating group) is 1. The van der Waals surface area contributed by atoms with Crippen LogP contribution in [0, 0.1) is 0 Å². The van der Waals surface area contributed by atoms with Crippen molar-refractivity contribution in [3.05, 3.63) is 52.1 Å². The molecule has 2 aromatic heterocycles. The van der Waals surface area contributed by atoms with E-state index in [-0.39, 0.29) is 36.9 Å². The maximum atomic E-state index is 12.7. The summed E-state index contributed by atoms with van der Waals surface area (Å²) in [6, 6.07) is 1.26. The van der Waals surface area contributed by atoms with Gasteiger partial charge < -0.3 is 15.0 Å². The molecule has 0 atom stereocenters. The highest BCUT2D eigenvalue weighted by Crippen LogP contribution is 2.28. The summed E-state index contributed by atoms with van der Waals surface area (Å²) in [6.07, 6.45) is -7.03. The summed E-state index contributed by atoms with van der Waals surface area (Å²) in [5, 5.41) is 6.84. The van der Waals surface area contributed by atoms with E-state index in [0.717, 1.165) is 4.68 Å². The molecule has 0 aromatic carbocycles. The monoisotopic (exact) mass is 491 g/mol. The number of alkyl halides is 6. The van der Waals surface area contributed by atoms with E-state index in [9.17, 15) is 31.1 Å². The lowest BCUT2D eigenvalue weighted by Crippen LogP contribution is -2.53. The summed E-state index contributed by atoms with van der Waals surface area (Å²) in [7, 11) is 1.51. The van der Waals surface area contributed by atoms with Crippen molar-refractivity contribution in [2.75, 3.05) is 31.6 Å². The van der Waals surface area contributed by atoms with Crippen LogP contribution in [0.15, 0.2) is 40.1 Å². The lowest BCUT2D eigenvalue weighted by atomic mass is 10.1. The zero-order valence-corrected chi connectivity index (χ0v) is 17.7. The van der Waals surface area contributed by atoms with Gasteiger partial charge in [-0.2, -0.15) is 31.4 Å². The van der Waals surface area contributed by atoms with Gasteiger partial charge in [-0.3, -0.25) is 9.79 Å².